The Labute approximate surface area is 117 Å². The molecule has 1 N–H and O–H groups in total. The minimum Gasteiger partial charge on any atom is -0.355 e. The van der Waals surface area contributed by atoms with Crippen LogP contribution < -0.4 is 5.32 Å². The average molecular weight is 263 g/mol. The van der Waals surface area contributed by atoms with Gasteiger partial charge in [-0.2, -0.15) is 0 Å². The highest BCUT2D eigenvalue weighted by Crippen LogP contribution is 2.26. The molecule has 0 aliphatic heterocycles. The molecule has 1 nitrogen and oxygen atoms in total. The molecule has 0 aromatic heterocycles. The molecule has 0 heterocycles. The summed E-state index contributed by atoms with van der Waals surface area (Å²) in [7, 11) is 0. The molecule has 0 saturated heterocycles. The third kappa shape index (κ3) is 2.86. The predicted octanol–water partition coefficient (Wildman–Crippen LogP) is 5.24. The van der Waals surface area contributed by atoms with E-state index in [-0.39, 0.29) is 5.82 Å². The van der Waals surface area contributed by atoms with Gasteiger partial charge in [0, 0.05) is 11.4 Å². The first-order valence-corrected chi connectivity index (χ1v) is 6.49. The molecule has 3 rings (SSSR count). The van der Waals surface area contributed by atoms with E-state index in [1.807, 2.05) is 66.7 Å². The first kappa shape index (κ1) is 12.4. The van der Waals surface area contributed by atoms with Crippen LogP contribution in [0.15, 0.2) is 78.9 Å². The van der Waals surface area contributed by atoms with Crippen molar-refractivity contribution in [1.29, 1.82) is 0 Å². The van der Waals surface area contributed by atoms with Gasteiger partial charge in [0.2, 0.25) is 0 Å². The number of nitrogens with one attached hydrogen (secondary N) is 1. The van der Waals surface area contributed by atoms with E-state index < -0.39 is 0 Å². The number of rotatable bonds is 3. The second-order valence-electron chi connectivity index (χ2n) is 4.59. The second-order valence-corrected chi connectivity index (χ2v) is 4.59. The van der Waals surface area contributed by atoms with Crippen LogP contribution in [0.4, 0.5) is 15.8 Å². The van der Waals surface area contributed by atoms with E-state index in [1.165, 1.54) is 6.07 Å². The predicted molar refractivity (Wildman–Crippen MR) is 81.6 cm³/mol. The minimum atomic E-state index is -0.246. The third-order valence-corrected chi connectivity index (χ3v) is 3.07. The van der Waals surface area contributed by atoms with Gasteiger partial charge in [-0.05, 0) is 41.5 Å². The van der Waals surface area contributed by atoms with Crippen LogP contribution in [0.25, 0.3) is 11.1 Å². The van der Waals surface area contributed by atoms with Crippen LogP contribution in [-0.4, -0.2) is 0 Å². The van der Waals surface area contributed by atoms with Gasteiger partial charge in [0.1, 0.15) is 5.82 Å². The van der Waals surface area contributed by atoms with Crippen molar-refractivity contribution < 1.29 is 4.39 Å². The average Bonchev–Trinajstić information content (AvgIpc) is 2.49. The van der Waals surface area contributed by atoms with Crippen molar-refractivity contribution in [3.05, 3.63) is 84.7 Å². The normalized spacial score (nSPS) is 10.2. The summed E-state index contributed by atoms with van der Waals surface area (Å²) in [6.45, 7) is 0. The van der Waals surface area contributed by atoms with Crippen molar-refractivity contribution in [2.24, 2.45) is 0 Å². The molecule has 98 valence electrons. The van der Waals surface area contributed by atoms with Gasteiger partial charge >= 0.3 is 0 Å². The van der Waals surface area contributed by atoms with Gasteiger partial charge < -0.3 is 5.32 Å². The number of hydrogen-bond donors (Lipinski definition) is 1. The molecule has 0 fully saturated rings. The van der Waals surface area contributed by atoms with E-state index in [0.717, 1.165) is 22.5 Å². The number of halogens is 1. The molecule has 0 bridgehead atoms. The van der Waals surface area contributed by atoms with Gasteiger partial charge in [0.15, 0.2) is 0 Å². The minimum absolute atomic E-state index is 0.246. The van der Waals surface area contributed by atoms with Crippen molar-refractivity contribution in [2.75, 3.05) is 5.32 Å². The second kappa shape index (κ2) is 5.57. The highest BCUT2D eigenvalue weighted by Gasteiger charge is 2.03. The topological polar surface area (TPSA) is 12.0 Å². The molecule has 0 atom stereocenters. The summed E-state index contributed by atoms with van der Waals surface area (Å²) >= 11 is 0. The van der Waals surface area contributed by atoms with E-state index in [9.17, 15) is 4.39 Å². The lowest BCUT2D eigenvalue weighted by molar-refractivity contribution is 0.629. The van der Waals surface area contributed by atoms with Crippen LogP contribution in [0, 0.1) is 5.82 Å². The summed E-state index contributed by atoms with van der Waals surface area (Å²) in [4.78, 5) is 0. The lowest BCUT2D eigenvalue weighted by Crippen LogP contribution is -1.92. The molecule has 0 amide bonds. The largest absolute Gasteiger partial charge is 0.355 e. The molecule has 0 unspecified atom stereocenters. The smallest absolute Gasteiger partial charge is 0.125 e. The summed E-state index contributed by atoms with van der Waals surface area (Å²) in [6.07, 6.45) is 0. The third-order valence-electron chi connectivity index (χ3n) is 3.07. The molecule has 3 aromatic rings. The molecular weight excluding hydrogens is 249 g/mol. The molecule has 0 radical (unpaired) electrons. The number of benzene rings is 3. The molecule has 0 aliphatic carbocycles. The molecule has 20 heavy (non-hydrogen) atoms. The van der Waals surface area contributed by atoms with Crippen LogP contribution >= 0.6 is 0 Å². The first-order valence-electron chi connectivity index (χ1n) is 6.49. The Morgan fingerprint density at radius 3 is 1.95 bits per heavy atom. The van der Waals surface area contributed by atoms with Crippen molar-refractivity contribution >= 4 is 11.4 Å². The van der Waals surface area contributed by atoms with Crippen LogP contribution in [0.3, 0.4) is 0 Å². The highest BCUT2D eigenvalue weighted by atomic mass is 19.1. The maximum Gasteiger partial charge on any atom is 0.125 e. The van der Waals surface area contributed by atoms with E-state index in [1.54, 1.807) is 6.07 Å². The van der Waals surface area contributed by atoms with Crippen molar-refractivity contribution in [3.8, 4) is 11.1 Å². The van der Waals surface area contributed by atoms with Crippen molar-refractivity contribution in [2.45, 2.75) is 0 Å². The lowest BCUT2D eigenvalue weighted by Gasteiger charge is -2.09. The standard InChI is InChI=1S/C18H14FN/c19-16-11-15(14-7-3-1-4-8-14)12-18(13-16)20-17-9-5-2-6-10-17/h1-13,20H. The lowest BCUT2D eigenvalue weighted by atomic mass is 10.0. The summed E-state index contributed by atoms with van der Waals surface area (Å²) in [5.74, 6) is -0.246. The van der Waals surface area contributed by atoms with Crippen LogP contribution in [-0.2, 0) is 0 Å². The summed E-state index contributed by atoms with van der Waals surface area (Å²) in [5, 5.41) is 3.21. The Balaban J connectivity index is 1.95. The molecular formula is C18H14FN. The fourth-order valence-electron chi connectivity index (χ4n) is 2.15. The monoisotopic (exact) mass is 263 g/mol. The SMILES string of the molecule is Fc1cc(Nc2ccccc2)cc(-c2ccccc2)c1. The molecule has 0 saturated carbocycles. The zero-order valence-corrected chi connectivity index (χ0v) is 10.9. The van der Waals surface area contributed by atoms with Gasteiger partial charge in [-0.3, -0.25) is 0 Å². The molecule has 0 spiro atoms. The number of para-hydroxylation sites is 1. The maximum atomic E-state index is 13.8. The van der Waals surface area contributed by atoms with E-state index in [0.29, 0.717) is 0 Å². The fraction of sp³-hybridized carbons (Fsp3) is 0. The van der Waals surface area contributed by atoms with E-state index in [2.05, 4.69) is 5.32 Å². The molecule has 0 aliphatic rings. The van der Waals surface area contributed by atoms with Gasteiger partial charge in [-0.1, -0.05) is 48.5 Å². The molecule has 3 aromatic carbocycles. The number of hydrogen-bond acceptors (Lipinski definition) is 1. The Morgan fingerprint density at radius 1 is 0.600 bits per heavy atom. The summed E-state index contributed by atoms with van der Waals surface area (Å²) < 4.78 is 13.8. The zero-order valence-electron chi connectivity index (χ0n) is 10.9. The van der Waals surface area contributed by atoms with Gasteiger partial charge in [0.05, 0.1) is 0 Å². The molecule has 2 heteroatoms. The van der Waals surface area contributed by atoms with Crippen LogP contribution in [0.2, 0.25) is 0 Å². The van der Waals surface area contributed by atoms with Crippen molar-refractivity contribution in [3.63, 3.8) is 0 Å². The Bertz CT molecular complexity index is 693. The van der Waals surface area contributed by atoms with E-state index in [4.69, 9.17) is 0 Å². The zero-order chi connectivity index (χ0) is 13.8. The number of anilines is 2. The Hall–Kier alpha value is -2.61. The van der Waals surface area contributed by atoms with E-state index >= 15 is 0 Å². The fourth-order valence-corrected chi connectivity index (χ4v) is 2.15. The van der Waals surface area contributed by atoms with Crippen LogP contribution in [0.5, 0.6) is 0 Å². The maximum absolute atomic E-state index is 13.8. The van der Waals surface area contributed by atoms with Crippen molar-refractivity contribution in [1.82, 2.24) is 0 Å². The Kier molecular flexibility index (Phi) is 3.46. The van der Waals surface area contributed by atoms with Gasteiger partial charge in [-0.25, -0.2) is 4.39 Å². The quantitative estimate of drug-likeness (QED) is 0.681. The first-order chi connectivity index (χ1) is 9.81. The summed E-state index contributed by atoms with van der Waals surface area (Å²) in [6, 6.07) is 24.5. The summed E-state index contributed by atoms with van der Waals surface area (Å²) in [5.41, 5.74) is 3.55. The van der Waals surface area contributed by atoms with Gasteiger partial charge in [-0.15, -0.1) is 0 Å². The van der Waals surface area contributed by atoms with Gasteiger partial charge in [0.25, 0.3) is 0 Å². The van der Waals surface area contributed by atoms with Crippen LogP contribution in [0.1, 0.15) is 0 Å². The Morgan fingerprint density at radius 2 is 1.25 bits per heavy atom. The highest BCUT2D eigenvalue weighted by molar-refractivity contribution is 5.70.